The van der Waals surface area contributed by atoms with E-state index in [2.05, 4.69) is 15.5 Å². The first kappa shape index (κ1) is 11.9. The number of aliphatic imine (C=N–C) groups is 1. The zero-order valence-corrected chi connectivity index (χ0v) is 10.1. The molecule has 1 aromatic rings. The van der Waals surface area contributed by atoms with Crippen LogP contribution >= 0.6 is 11.8 Å². The van der Waals surface area contributed by atoms with Gasteiger partial charge in [-0.25, -0.2) is 0 Å². The fourth-order valence-corrected chi connectivity index (χ4v) is 2.17. The molecule has 1 aromatic carbocycles. The summed E-state index contributed by atoms with van der Waals surface area (Å²) >= 11 is 1.58. The van der Waals surface area contributed by atoms with Crippen molar-refractivity contribution >= 4 is 28.3 Å². The lowest BCUT2D eigenvalue weighted by molar-refractivity contribution is 0.307. The summed E-state index contributed by atoms with van der Waals surface area (Å²) < 4.78 is 0. The van der Waals surface area contributed by atoms with Crippen molar-refractivity contribution in [2.75, 3.05) is 24.6 Å². The third kappa shape index (κ3) is 3.21. The summed E-state index contributed by atoms with van der Waals surface area (Å²) in [7, 11) is 0. The summed E-state index contributed by atoms with van der Waals surface area (Å²) in [6, 6.07) is 7.62. The standard InChI is InChI=1S/C11H14N4OS/c12-9-3-1-8(2-4-9)10-7-17-11(15-14-10)13-5-6-16/h1-4,16H,5-7,12H2,(H,13,15). The number of amidine groups is 1. The average Bonchev–Trinajstić information content (AvgIpc) is 2.38. The predicted octanol–water partition coefficient (Wildman–Crippen LogP) is 0.658. The van der Waals surface area contributed by atoms with Gasteiger partial charge in [-0.3, -0.25) is 10.4 Å². The maximum absolute atomic E-state index is 8.66. The molecule has 0 amide bonds. The molecule has 0 fully saturated rings. The van der Waals surface area contributed by atoms with Gasteiger partial charge in [0.2, 0.25) is 0 Å². The second kappa shape index (κ2) is 5.70. The van der Waals surface area contributed by atoms with Crippen LogP contribution < -0.4 is 11.2 Å². The van der Waals surface area contributed by atoms with Gasteiger partial charge in [-0.15, -0.1) is 0 Å². The number of benzene rings is 1. The minimum atomic E-state index is 0.0558. The second-order valence-electron chi connectivity index (χ2n) is 3.49. The molecule has 0 spiro atoms. The van der Waals surface area contributed by atoms with Crippen LogP contribution in [-0.2, 0) is 0 Å². The van der Waals surface area contributed by atoms with E-state index in [-0.39, 0.29) is 6.61 Å². The Labute approximate surface area is 104 Å². The van der Waals surface area contributed by atoms with Crippen molar-refractivity contribution in [2.45, 2.75) is 0 Å². The Balaban J connectivity index is 2.05. The number of anilines is 1. The highest BCUT2D eigenvalue weighted by molar-refractivity contribution is 8.14. The molecule has 2 rings (SSSR count). The van der Waals surface area contributed by atoms with E-state index in [1.54, 1.807) is 11.8 Å². The van der Waals surface area contributed by atoms with Crippen molar-refractivity contribution in [3.8, 4) is 0 Å². The smallest absolute Gasteiger partial charge is 0.177 e. The summed E-state index contributed by atoms with van der Waals surface area (Å²) in [6.07, 6.45) is 0. The van der Waals surface area contributed by atoms with Gasteiger partial charge in [0.05, 0.1) is 18.9 Å². The highest BCUT2D eigenvalue weighted by atomic mass is 32.2. The Morgan fingerprint density at radius 2 is 2.18 bits per heavy atom. The van der Waals surface area contributed by atoms with E-state index < -0.39 is 0 Å². The number of nitrogens with zero attached hydrogens (tertiary/aromatic N) is 2. The molecular weight excluding hydrogens is 236 g/mol. The largest absolute Gasteiger partial charge is 0.399 e. The molecule has 0 bridgehead atoms. The normalized spacial score (nSPS) is 17.7. The first-order valence-electron chi connectivity index (χ1n) is 5.26. The Kier molecular flexibility index (Phi) is 4.00. The number of hydrazone groups is 1. The van der Waals surface area contributed by atoms with Crippen molar-refractivity contribution in [3.63, 3.8) is 0 Å². The van der Waals surface area contributed by atoms with E-state index in [1.165, 1.54) is 0 Å². The molecule has 5 nitrogen and oxygen atoms in total. The van der Waals surface area contributed by atoms with Crippen LogP contribution in [0, 0.1) is 0 Å². The predicted molar refractivity (Wildman–Crippen MR) is 72.4 cm³/mol. The van der Waals surface area contributed by atoms with Crippen molar-refractivity contribution in [1.29, 1.82) is 0 Å². The van der Waals surface area contributed by atoms with Crippen LogP contribution in [0.3, 0.4) is 0 Å². The summed E-state index contributed by atoms with van der Waals surface area (Å²) in [6.45, 7) is 0.461. The van der Waals surface area contributed by atoms with Crippen molar-refractivity contribution < 1.29 is 5.11 Å². The van der Waals surface area contributed by atoms with Crippen LogP contribution in [0.25, 0.3) is 0 Å². The molecule has 1 heterocycles. The number of hydrogen-bond donors (Lipinski definition) is 3. The Morgan fingerprint density at radius 1 is 1.41 bits per heavy atom. The summed E-state index contributed by atoms with van der Waals surface area (Å²) in [5.41, 5.74) is 11.3. The molecule has 6 heteroatoms. The van der Waals surface area contributed by atoms with Crippen LogP contribution in [-0.4, -0.2) is 34.9 Å². The topological polar surface area (TPSA) is 83.0 Å². The molecule has 0 aliphatic carbocycles. The quantitative estimate of drug-likeness (QED) is 0.688. The van der Waals surface area contributed by atoms with E-state index in [9.17, 15) is 0 Å². The van der Waals surface area contributed by atoms with Gasteiger partial charge < -0.3 is 10.8 Å². The van der Waals surface area contributed by atoms with Gasteiger partial charge >= 0.3 is 0 Å². The summed E-state index contributed by atoms with van der Waals surface area (Å²) in [5, 5.41) is 13.7. The third-order valence-electron chi connectivity index (χ3n) is 2.23. The number of aliphatic hydroxyl groups is 1. The number of hydrogen-bond acceptors (Lipinski definition) is 5. The molecule has 0 unspecified atom stereocenters. The maximum Gasteiger partial charge on any atom is 0.177 e. The second-order valence-corrected chi connectivity index (χ2v) is 4.46. The molecule has 4 N–H and O–H groups in total. The first-order chi connectivity index (χ1) is 8.29. The number of nitrogens with one attached hydrogen (secondary N) is 1. The van der Waals surface area contributed by atoms with Crippen LogP contribution in [0.1, 0.15) is 5.56 Å². The number of nitrogens with two attached hydrogens (primary N) is 1. The summed E-state index contributed by atoms with van der Waals surface area (Å²) in [4.78, 5) is 4.14. The van der Waals surface area contributed by atoms with Gasteiger partial charge in [0, 0.05) is 11.4 Å². The van der Waals surface area contributed by atoms with Crippen LogP contribution in [0.15, 0.2) is 34.4 Å². The third-order valence-corrected chi connectivity index (χ3v) is 3.14. The average molecular weight is 250 g/mol. The van der Waals surface area contributed by atoms with E-state index in [4.69, 9.17) is 10.8 Å². The number of rotatable bonds is 3. The highest BCUT2D eigenvalue weighted by Gasteiger charge is 2.12. The van der Waals surface area contributed by atoms with Gasteiger partial charge in [-0.05, 0) is 17.7 Å². The lowest BCUT2D eigenvalue weighted by Crippen LogP contribution is -2.25. The number of nitrogen functional groups attached to an aromatic ring is 1. The van der Waals surface area contributed by atoms with Gasteiger partial charge in [0.1, 0.15) is 0 Å². The minimum Gasteiger partial charge on any atom is -0.399 e. The molecular formula is C11H14N4OS. The molecule has 17 heavy (non-hydrogen) atoms. The Bertz CT molecular complexity index is 441. The Hall–Kier alpha value is -1.53. The fraction of sp³-hybridized carbons (Fsp3) is 0.273. The van der Waals surface area contributed by atoms with Gasteiger partial charge in [-0.1, -0.05) is 23.9 Å². The lowest BCUT2D eigenvalue weighted by atomic mass is 10.1. The molecule has 0 radical (unpaired) electrons. The molecule has 1 aliphatic heterocycles. The first-order valence-corrected chi connectivity index (χ1v) is 6.25. The van der Waals surface area contributed by atoms with Crippen molar-refractivity contribution in [3.05, 3.63) is 29.8 Å². The molecule has 0 aromatic heterocycles. The van der Waals surface area contributed by atoms with Gasteiger partial charge in [-0.2, -0.15) is 5.10 Å². The monoisotopic (exact) mass is 250 g/mol. The summed E-state index contributed by atoms with van der Waals surface area (Å²) in [5.74, 6) is 0.765. The van der Waals surface area contributed by atoms with Crippen LogP contribution in [0.2, 0.25) is 0 Å². The number of thioether (sulfide) groups is 1. The fourth-order valence-electron chi connectivity index (χ4n) is 1.37. The van der Waals surface area contributed by atoms with Crippen molar-refractivity contribution in [2.24, 2.45) is 10.1 Å². The molecule has 0 saturated carbocycles. The minimum absolute atomic E-state index is 0.0558. The van der Waals surface area contributed by atoms with E-state index in [0.29, 0.717) is 6.54 Å². The van der Waals surface area contributed by atoms with E-state index in [1.807, 2.05) is 24.3 Å². The van der Waals surface area contributed by atoms with Crippen LogP contribution in [0.5, 0.6) is 0 Å². The molecule has 0 saturated heterocycles. The zero-order valence-electron chi connectivity index (χ0n) is 9.26. The molecule has 0 atom stereocenters. The number of aliphatic hydroxyl groups excluding tert-OH is 1. The molecule has 1 aliphatic rings. The van der Waals surface area contributed by atoms with Gasteiger partial charge in [0.25, 0.3) is 0 Å². The van der Waals surface area contributed by atoms with E-state index >= 15 is 0 Å². The maximum atomic E-state index is 8.66. The van der Waals surface area contributed by atoms with Gasteiger partial charge in [0.15, 0.2) is 5.17 Å². The molecule has 90 valence electrons. The highest BCUT2D eigenvalue weighted by Crippen LogP contribution is 2.14. The van der Waals surface area contributed by atoms with E-state index in [0.717, 1.165) is 27.9 Å². The van der Waals surface area contributed by atoms with Crippen LogP contribution in [0.4, 0.5) is 5.69 Å². The zero-order chi connectivity index (χ0) is 12.1. The SMILES string of the molecule is Nc1ccc(C2=NNC(=NCCO)SC2)cc1. The lowest BCUT2D eigenvalue weighted by Gasteiger charge is -2.14. The Morgan fingerprint density at radius 3 is 2.76 bits per heavy atom. The van der Waals surface area contributed by atoms with Crippen molar-refractivity contribution in [1.82, 2.24) is 5.43 Å².